The number of aryl methyl sites for hydroxylation is 1. The average Bonchev–Trinajstić information content (AvgIpc) is 2.63. The predicted octanol–water partition coefficient (Wildman–Crippen LogP) is 1.21. The maximum Gasteiger partial charge on any atom is 0.215 e. The Labute approximate surface area is 113 Å². The molecule has 1 aromatic heterocycles. The van der Waals surface area contributed by atoms with Gasteiger partial charge >= 0.3 is 0 Å². The molecule has 1 aromatic rings. The lowest BCUT2D eigenvalue weighted by atomic mass is 10.4. The molecule has 0 saturated heterocycles. The van der Waals surface area contributed by atoms with E-state index in [1.165, 1.54) is 15.6 Å². The lowest BCUT2D eigenvalue weighted by molar-refractivity contribution is 0.460. The zero-order valence-electron chi connectivity index (χ0n) is 11.3. The van der Waals surface area contributed by atoms with Crippen LogP contribution in [0.25, 0.3) is 0 Å². The van der Waals surface area contributed by atoms with Crippen LogP contribution in [-0.2, 0) is 16.6 Å². The first-order valence-corrected chi connectivity index (χ1v) is 8.38. The fraction of sp³-hybridized carbons (Fsp3) is 0.727. The zero-order valence-corrected chi connectivity index (χ0v) is 12.9. The topological polar surface area (TPSA) is 62.3 Å². The smallest absolute Gasteiger partial charge is 0.215 e. The van der Waals surface area contributed by atoms with Gasteiger partial charge in [-0.2, -0.15) is 4.31 Å². The Hall–Kier alpha value is -0.500. The van der Waals surface area contributed by atoms with E-state index < -0.39 is 10.0 Å². The van der Waals surface area contributed by atoms with Crippen molar-refractivity contribution in [3.8, 4) is 0 Å². The quantitative estimate of drug-likeness (QED) is 0.820. The van der Waals surface area contributed by atoms with Crippen molar-refractivity contribution >= 4 is 21.4 Å². The van der Waals surface area contributed by atoms with Crippen molar-refractivity contribution in [3.05, 3.63) is 16.1 Å². The standard InChI is InChI=1S/C11H21N3O2S2/c1-9(2)12-5-6-18(15,16)14(4)7-11-8-17-10(3)13-11/h8-9,12H,5-7H2,1-4H3. The van der Waals surface area contributed by atoms with Crippen LogP contribution in [0, 0.1) is 6.92 Å². The van der Waals surface area contributed by atoms with E-state index in [1.54, 1.807) is 7.05 Å². The summed E-state index contributed by atoms with van der Waals surface area (Å²) < 4.78 is 25.3. The minimum atomic E-state index is -3.21. The number of thiazole rings is 1. The number of aromatic nitrogens is 1. The van der Waals surface area contributed by atoms with Gasteiger partial charge in [-0.05, 0) is 6.92 Å². The number of nitrogens with one attached hydrogen (secondary N) is 1. The predicted molar refractivity (Wildman–Crippen MR) is 75.2 cm³/mol. The molecular weight excluding hydrogens is 270 g/mol. The van der Waals surface area contributed by atoms with E-state index in [2.05, 4.69) is 10.3 Å². The van der Waals surface area contributed by atoms with Crippen LogP contribution in [0.5, 0.6) is 0 Å². The number of nitrogens with zero attached hydrogens (tertiary/aromatic N) is 2. The van der Waals surface area contributed by atoms with Gasteiger partial charge in [-0.3, -0.25) is 0 Å². The maximum atomic E-state index is 12.0. The van der Waals surface area contributed by atoms with Crippen LogP contribution in [-0.4, -0.2) is 43.1 Å². The van der Waals surface area contributed by atoms with Crippen molar-refractivity contribution in [3.63, 3.8) is 0 Å². The lowest BCUT2D eigenvalue weighted by Crippen LogP contribution is -2.35. The van der Waals surface area contributed by atoms with Crippen molar-refractivity contribution in [2.75, 3.05) is 19.3 Å². The van der Waals surface area contributed by atoms with E-state index in [0.29, 0.717) is 19.1 Å². The summed E-state index contributed by atoms with van der Waals surface area (Å²) in [6.45, 7) is 6.72. The van der Waals surface area contributed by atoms with Crippen LogP contribution in [0.2, 0.25) is 0 Å². The van der Waals surface area contributed by atoms with Gasteiger partial charge in [-0.25, -0.2) is 13.4 Å². The molecule has 0 aliphatic heterocycles. The van der Waals surface area contributed by atoms with Gasteiger partial charge in [0.25, 0.3) is 0 Å². The van der Waals surface area contributed by atoms with Crippen molar-refractivity contribution in [1.82, 2.24) is 14.6 Å². The Balaban J connectivity index is 2.51. The van der Waals surface area contributed by atoms with E-state index in [4.69, 9.17) is 0 Å². The first kappa shape index (κ1) is 15.6. The summed E-state index contributed by atoms with van der Waals surface area (Å²) >= 11 is 1.53. The van der Waals surface area contributed by atoms with Gasteiger partial charge in [0.2, 0.25) is 10.0 Å². The molecule has 0 spiro atoms. The highest BCUT2D eigenvalue weighted by Gasteiger charge is 2.18. The van der Waals surface area contributed by atoms with Crippen LogP contribution >= 0.6 is 11.3 Å². The van der Waals surface area contributed by atoms with Gasteiger partial charge in [0.05, 0.1) is 23.0 Å². The molecule has 7 heteroatoms. The second kappa shape index (κ2) is 6.60. The van der Waals surface area contributed by atoms with Crippen molar-refractivity contribution in [2.24, 2.45) is 0 Å². The molecular formula is C11H21N3O2S2. The average molecular weight is 291 g/mol. The number of rotatable bonds is 7. The third-order valence-corrected chi connectivity index (χ3v) is 5.06. The molecule has 0 atom stereocenters. The molecule has 1 rings (SSSR count). The van der Waals surface area contributed by atoms with E-state index in [0.717, 1.165) is 10.7 Å². The summed E-state index contributed by atoms with van der Waals surface area (Å²) in [6, 6.07) is 0.298. The molecule has 5 nitrogen and oxygen atoms in total. The summed E-state index contributed by atoms with van der Waals surface area (Å²) in [4.78, 5) is 4.27. The summed E-state index contributed by atoms with van der Waals surface area (Å²) in [6.07, 6.45) is 0. The van der Waals surface area contributed by atoms with Gasteiger partial charge in [0.1, 0.15) is 0 Å². The van der Waals surface area contributed by atoms with Crippen LogP contribution in [0.4, 0.5) is 0 Å². The molecule has 0 radical (unpaired) electrons. The summed E-state index contributed by atoms with van der Waals surface area (Å²) in [5.74, 6) is 0.116. The monoisotopic (exact) mass is 291 g/mol. The zero-order chi connectivity index (χ0) is 13.8. The Morgan fingerprint density at radius 3 is 2.67 bits per heavy atom. The molecule has 0 aliphatic rings. The van der Waals surface area contributed by atoms with Gasteiger partial charge in [0, 0.05) is 25.0 Å². The minimum absolute atomic E-state index is 0.116. The summed E-state index contributed by atoms with van der Waals surface area (Å²) in [7, 11) is -1.61. The van der Waals surface area contributed by atoms with E-state index in [-0.39, 0.29) is 5.75 Å². The van der Waals surface area contributed by atoms with Gasteiger partial charge in [-0.1, -0.05) is 13.8 Å². The summed E-state index contributed by atoms with van der Waals surface area (Å²) in [5, 5.41) is 5.96. The second-order valence-electron chi connectivity index (χ2n) is 4.54. The van der Waals surface area contributed by atoms with Crippen molar-refractivity contribution in [1.29, 1.82) is 0 Å². The van der Waals surface area contributed by atoms with Crippen LogP contribution in [0.1, 0.15) is 24.5 Å². The maximum absolute atomic E-state index is 12.0. The van der Waals surface area contributed by atoms with Crippen LogP contribution in [0.3, 0.4) is 0 Å². The van der Waals surface area contributed by atoms with Gasteiger partial charge in [-0.15, -0.1) is 11.3 Å². The summed E-state index contributed by atoms with van der Waals surface area (Å²) in [5.41, 5.74) is 0.806. The van der Waals surface area contributed by atoms with Gasteiger partial charge < -0.3 is 5.32 Å². The van der Waals surface area contributed by atoms with E-state index >= 15 is 0 Å². The first-order valence-electron chi connectivity index (χ1n) is 5.89. The fourth-order valence-electron chi connectivity index (χ4n) is 1.44. The SMILES string of the molecule is Cc1nc(CN(C)S(=O)(=O)CCNC(C)C)cs1. The lowest BCUT2D eigenvalue weighted by Gasteiger charge is -2.16. The molecule has 0 bridgehead atoms. The largest absolute Gasteiger partial charge is 0.313 e. The van der Waals surface area contributed by atoms with E-state index in [1.807, 2.05) is 26.2 Å². The van der Waals surface area contributed by atoms with E-state index in [9.17, 15) is 8.42 Å². The Morgan fingerprint density at radius 2 is 2.17 bits per heavy atom. The Bertz CT molecular complexity index is 468. The molecule has 1 heterocycles. The molecule has 0 fully saturated rings. The van der Waals surface area contributed by atoms with Crippen molar-refractivity contribution in [2.45, 2.75) is 33.4 Å². The highest BCUT2D eigenvalue weighted by atomic mass is 32.2. The molecule has 104 valence electrons. The molecule has 0 saturated carbocycles. The number of sulfonamides is 1. The molecule has 18 heavy (non-hydrogen) atoms. The highest BCUT2D eigenvalue weighted by molar-refractivity contribution is 7.89. The van der Waals surface area contributed by atoms with Crippen LogP contribution in [0.15, 0.2) is 5.38 Å². The second-order valence-corrected chi connectivity index (χ2v) is 7.80. The Morgan fingerprint density at radius 1 is 1.50 bits per heavy atom. The molecule has 0 unspecified atom stereocenters. The Kier molecular flexibility index (Phi) is 5.71. The first-order chi connectivity index (χ1) is 8.31. The highest BCUT2D eigenvalue weighted by Crippen LogP contribution is 2.11. The molecule has 0 aromatic carbocycles. The fourth-order valence-corrected chi connectivity index (χ4v) is 3.06. The van der Waals surface area contributed by atoms with Crippen LogP contribution < -0.4 is 5.32 Å². The van der Waals surface area contributed by atoms with Crippen molar-refractivity contribution < 1.29 is 8.42 Å². The molecule has 0 amide bonds. The van der Waals surface area contributed by atoms with Gasteiger partial charge in [0.15, 0.2) is 0 Å². The normalized spacial score (nSPS) is 12.6. The molecule has 1 N–H and O–H groups in total. The third-order valence-electron chi connectivity index (χ3n) is 2.44. The minimum Gasteiger partial charge on any atom is -0.313 e. The molecule has 0 aliphatic carbocycles. The third kappa shape index (κ3) is 5.01. The number of hydrogen-bond donors (Lipinski definition) is 1. The number of hydrogen-bond acceptors (Lipinski definition) is 5.